The summed E-state index contributed by atoms with van der Waals surface area (Å²) in [6.45, 7) is 26.7. The summed E-state index contributed by atoms with van der Waals surface area (Å²) in [6, 6.07) is 48.9. The molecule has 6 aromatic carbocycles. The molecule has 0 aliphatic heterocycles. The summed E-state index contributed by atoms with van der Waals surface area (Å²) < 4.78 is 38.7. The number of aryl methyl sites for hydroxylation is 2. The molecule has 2 amide bonds. The Hall–Kier alpha value is -10.4. The molecular formula is C88H107BN5O16S. The van der Waals surface area contributed by atoms with Crippen LogP contribution in [0, 0.1) is 59.2 Å². The molecule has 0 bridgehead atoms. The molecule has 111 heavy (non-hydrogen) atoms. The molecular weight excluding hydrogens is 1430 g/mol. The molecule has 4 aliphatic rings. The monoisotopic (exact) mass is 1530 g/mol. The highest BCUT2D eigenvalue weighted by Crippen LogP contribution is 2.59. The van der Waals surface area contributed by atoms with Crippen molar-refractivity contribution in [1.29, 1.82) is 0 Å². The summed E-state index contributed by atoms with van der Waals surface area (Å²) in [5.41, 5.74) is 21.6. The second-order valence-electron chi connectivity index (χ2n) is 33.2. The van der Waals surface area contributed by atoms with E-state index in [0.717, 1.165) is 78.1 Å². The van der Waals surface area contributed by atoms with Crippen LogP contribution in [-0.4, -0.2) is 105 Å². The highest BCUT2D eigenvalue weighted by molar-refractivity contribution is 7.80. The third-order valence-corrected chi connectivity index (χ3v) is 20.0. The summed E-state index contributed by atoms with van der Waals surface area (Å²) in [5.74, 6) is -2.57. The Bertz CT molecular complexity index is 4490. The number of methoxy groups -OCH3 is 1. The highest BCUT2D eigenvalue weighted by atomic mass is 32.1. The first kappa shape index (κ1) is 87.8. The zero-order valence-corrected chi connectivity index (χ0v) is 66.4. The molecule has 4 saturated carbocycles. The fourth-order valence-corrected chi connectivity index (χ4v) is 14.0. The van der Waals surface area contributed by atoms with Crippen molar-refractivity contribution in [2.45, 2.75) is 191 Å². The van der Waals surface area contributed by atoms with Crippen LogP contribution in [0.4, 0.5) is 0 Å². The Morgan fingerprint density at radius 1 is 0.432 bits per heavy atom. The number of amides is 2. The van der Waals surface area contributed by atoms with E-state index in [-0.39, 0.29) is 57.1 Å². The van der Waals surface area contributed by atoms with Crippen molar-refractivity contribution < 1.29 is 76.9 Å². The summed E-state index contributed by atoms with van der Waals surface area (Å²) in [6.07, 6.45) is 3.68. The van der Waals surface area contributed by atoms with E-state index in [1.807, 2.05) is 152 Å². The largest absolute Gasteiger partial charge is 0.508 e. The minimum Gasteiger partial charge on any atom is -0.508 e. The lowest BCUT2D eigenvalue weighted by atomic mass is 9.93. The van der Waals surface area contributed by atoms with Gasteiger partial charge in [-0.05, 0) is 243 Å². The molecule has 8 N–H and O–H groups in total. The minimum absolute atomic E-state index is 0. The van der Waals surface area contributed by atoms with Crippen molar-refractivity contribution in [1.82, 2.24) is 9.97 Å². The van der Waals surface area contributed by atoms with Gasteiger partial charge in [0.1, 0.15) is 58.6 Å². The summed E-state index contributed by atoms with van der Waals surface area (Å²) in [4.78, 5) is 95.1. The Morgan fingerprint density at radius 2 is 0.703 bits per heavy atom. The summed E-state index contributed by atoms with van der Waals surface area (Å²) >= 11 is 5.34. The van der Waals surface area contributed by atoms with Crippen molar-refractivity contribution in [2.24, 2.45) is 62.5 Å². The molecule has 23 heteroatoms. The van der Waals surface area contributed by atoms with Crippen LogP contribution in [0.2, 0.25) is 0 Å². The van der Waals surface area contributed by atoms with Crippen LogP contribution in [0.1, 0.15) is 161 Å². The van der Waals surface area contributed by atoms with Gasteiger partial charge in [0.25, 0.3) is 0 Å². The van der Waals surface area contributed by atoms with Gasteiger partial charge in [0.15, 0.2) is 0 Å². The number of nitrogens with two attached hydrogens (primary N) is 3. The number of ether oxygens (including phenoxy) is 7. The predicted molar refractivity (Wildman–Crippen MR) is 431 cm³/mol. The number of aromatic nitrogens is 2. The molecule has 8 aromatic rings. The quantitative estimate of drug-likeness (QED) is 0.0182. The number of esters is 5. The van der Waals surface area contributed by atoms with E-state index in [1.165, 1.54) is 7.11 Å². The van der Waals surface area contributed by atoms with Crippen molar-refractivity contribution >= 4 is 89.1 Å². The first-order valence-electron chi connectivity index (χ1n) is 36.6. The van der Waals surface area contributed by atoms with Gasteiger partial charge in [-0.25, -0.2) is 0 Å². The van der Waals surface area contributed by atoms with Gasteiger partial charge in [0.2, 0.25) is 11.8 Å². The zero-order valence-electron chi connectivity index (χ0n) is 65.6. The normalized spacial score (nSPS) is 21.1. The highest BCUT2D eigenvalue weighted by Gasteiger charge is 2.67. The number of thiocarbonyl (C=S) groups is 1. The van der Waals surface area contributed by atoms with Crippen LogP contribution in [0.3, 0.4) is 0 Å². The third-order valence-electron chi connectivity index (χ3n) is 19.6. The van der Waals surface area contributed by atoms with Gasteiger partial charge < -0.3 is 60.6 Å². The number of primary amides is 2. The van der Waals surface area contributed by atoms with Crippen LogP contribution < -0.4 is 26.7 Å². The number of rotatable bonds is 22. The molecule has 589 valence electrons. The lowest BCUT2D eigenvalue weighted by Gasteiger charge is -2.21. The minimum atomic E-state index is -0.877. The number of hydrogen-bond donors (Lipinski definition) is 5. The molecule has 3 radical (unpaired) electrons. The number of nitrogens with zero attached hydrogens (tertiary/aromatic N) is 2. The molecule has 8 atom stereocenters. The van der Waals surface area contributed by atoms with E-state index in [0.29, 0.717) is 69.6 Å². The van der Waals surface area contributed by atoms with Crippen LogP contribution >= 0.6 is 12.2 Å². The number of hydrogen-bond acceptors (Lipinski definition) is 19. The molecule has 2 heterocycles. The van der Waals surface area contributed by atoms with Crippen LogP contribution in [-0.2, 0) is 96.1 Å². The van der Waals surface area contributed by atoms with Crippen molar-refractivity contribution in [3.63, 3.8) is 0 Å². The third kappa shape index (κ3) is 22.9. The average Bonchev–Trinajstić information content (AvgIpc) is 1.59. The lowest BCUT2D eigenvalue weighted by Crippen LogP contribution is -2.33. The Labute approximate surface area is 659 Å². The molecule has 4 unspecified atom stereocenters. The topological polar surface area (TPSA) is 328 Å². The maximum Gasteiger partial charge on any atom is 0.313 e. The second kappa shape index (κ2) is 34.9. The van der Waals surface area contributed by atoms with E-state index in [4.69, 9.17) is 62.6 Å². The van der Waals surface area contributed by atoms with Crippen LogP contribution in [0.15, 0.2) is 158 Å². The average molecular weight is 1530 g/mol. The first-order valence-corrected chi connectivity index (χ1v) is 37.0. The molecule has 0 saturated heterocycles. The lowest BCUT2D eigenvalue weighted by molar-refractivity contribution is -0.161. The number of fused-ring (bicyclic) bond motifs is 2. The molecule has 2 aromatic heterocycles. The van der Waals surface area contributed by atoms with Gasteiger partial charge >= 0.3 is 29.8 Å². The SMILES string of the molecule is C.CC(C)(C)OC(=O)C1C[C@]1(Cc1ccc(O)cc1)C(N)=O.COC(=O)[C@@]1(Cc2ccc(O)cc2)CC1C(=O)OC(C)(C)C.Cc1cc(COc2ccc(C[C@]3(C(N)=O)CC3C(=O)OC(C)(C)C)cc2)c2ccccc2n1.Cc1cc(COc2ccc(C[C@]3(C(N)=S)CC3C(=O)OC(C)(C)C)cc2)c2ccccc2n1.[B]. The summed E-state index contributed by atoms with van der Waals surface area (Å²) in [5, 5.41) is 20.8. The Balaban J connectivity index is 0.000000209. The van der Waals surface area contributed by atoms with Crippen molar-refractivity contribution in [3.8, 4) is 23.0 Å². The molecule has 12 rings (SSSR count). The van der Waals surface area contributed by atoms with E-state index < -0.39 is 79.6 Å². The number of aromatic hydroxyl groups is 2. The number of para-hydroxylation sites is 2. The number of phenolic OH excluding ortho intramolecular Hbond substituents is 2. The molecule has 0 spiro atoms. The standard InChI is InChI=1S/C27H30N2O4.C27H30N2O3S.C17H22O5.C16H21NO4.CH4.B/c1-17-13-19(21-7-5-6-8-23(21)29-17)16-32-20-11-9-18(10-12-20)14-27(25(28)31)15-22(27)24(30)33-26(2,3)4;1-17-13-19(21-7-5-6-8-23(21)29-17)16-31-20-11-9-18(10-12-20)14-27(25(28)33)15-22(27)24(30)32-26(2,3)4;1-16(2,3)22-14(19)13-10-17(13,15(20)21-4)9-11-5-7-12(18)8-6-11;1-15(2,3)21-13(19)12-9-16(12,14(17)20)8-10-4-6-11(18)7-5-10;;/h5-13,22H,14-16H2,1-4H3,(H2,28,31);5-13,22H,14-16H2,1-4H3,(H2,28,33);5-8,13,18H,9-10H2,1-4H3;4-7,12,18H,8-9H2,1-3H3,(H2,17,20);1H4;/t2*22?,27-;13?,17-;12?,16-;;/m0000../s1. The van der Waals surface area contributed by atoms with E-state index in [1.54, 1.807) is 90.1 Å². The van der Waals surface area contributed by atoms with Gasteiger partial charge in [-0.3, -0.25) is 43.5 Å². The molecule has 21 nitrogen and oxygen atoms in total. The van der Waals surface area contributed by atoms with Gasteiger partial charge in [0.05, 0.1) is 63.0 Å². The van der Waals surface area contributed by atoms with Crippen LogP contribution in [0.25, 0.3) is 21.8 Å². The van der Waals surface area contributed by atoms with Crippen molar-refractivity contribution in [3.05, 3.63) is 202 Å². The fourth-order valence-electron chi connectivity index (χ4n) is 13.8. The van der Waals surface area contributed by atoms with Crippen LogP contribution in [0.5, 0.6) is 23.0 Å². The molecule has 4 fully saturated rings. The van der Waals surface area contributed by atoms with E-state index in [9.17, 15) is 43.8 Å². The Kier molecular flexibility index (Phi) is 27.6. The van der Waals surface area contributed by atoms with Gasteiger partial charge in [-0.1, -0.05) is 105 Å². The summed E-state index contributed by atoms with van der Waals surface area (Å²) in [7, 11) is 1.32. The smallest absolute Gasteiger partial charge is 0.313 e. The van der Waals surface area contributed by atoms with Gasteiger partial charge in [-0.2, -0.15) is 0 Å². The predicted octanol–water partition coefficient (Wildman–Crippen LogP) is 14.3. The number of carbonyl (C=O) groups excluding carboxylic acids is 7. The maximum atomic E-state index is 12.6. The molecule has 4 aliphatic carbocycles. The fraction of sp³-hybridized carbons (Fsp3) is 0.432. The van der Waals surface area contributed by atoms with Gasteiger partial charge in [-0.15, -0.1) is 0 Å². The Morgan fingerprint density at radius 3 is 1.01 bits per heavy atom. The van der Waals surface area contributed by atoms with E-state index in [2.05, 4.69) is 22.1 Å². The first-order chi connectivity index (χ1) is 51.0. The van der Waals surface area contributed by atoms with Gasteiger partial charge in [0, 0.05) is 47.1 Å². The van der Waals surface area contributed by atoms with E-state index >= 15 is 0 Å². The maximum absolute atomic E-state index is 12.6. The number of pyridine rings is 2. The number of benzene rings is 6. The number of carbonyl (C=O) groups is 7. The van der Waals surface area contributed by atoms with Crippen molar-refractivity contribution in [2.75, 3.05) is 7.11 Å². The zero-order chi connectivity index (χ0) is 80.0. The second-order valence-corrected chi connectivity index (χ2v) is 33.6. The number of phenols is 2.